The van der Waals surface area contributed by atoms with Crippen LogP contribution < -0.4 is 0 Å². The lowest BCUT2D eigenvalue weighted by atomic mass is 10.3. The maximum absolute atomic E-state index is 2.58. The molecule has 0 heterocycles. The first kappa shape index (κ1) is 9.07. The average molecular weight is 182 g/mol. The molecule has 2 aliphatic carbocycles. The molecular weight excluding hydrogens is 162 g/mol. The van der Waals surface area contributed by atoms with Crippen LogP contribution in [0.2, 0.25) is 0 Å². The van der Waals surface area contributed by atoms with E-state index in [0.29, 0.717) is 7.80 Å². The van der Waals surface area contributed by atoms with Gasteiger partial charge in [0.25, 0.3) is 0 Å². The molecule has 0 aliphatic heterocycles. The minimum Gasteiger partial charge on any atom is -0.143 e. The van der Waals surface area contributed by atoms with Crippen LogP contribution in [-0.2, 0) is 0 Å². The Bertz CT molecular complexity index is 121. The third kappa shape index (κ3) is 1.87. The van der Waals surface area contributed by atoms with Crippen LogP contribution in [0, 0.1) is 0 Å². The van der Waals surface area contributed by atoms with Crippen molar-refractivity contribution in [2.45, 2.75) is 62.7 Å². The first-order chi connectivity index (χ1) is 5.88. The van der Waals surface area contributed by atoms with E-state index >= 15 is 0 Å². The highest BCUT2D eigenvalue weighted by molar-refractivity contribution is 7.83. The first-order valence-electron chi connectivity index (χ1n) is 5.60. The summed E-state index contributed by atoms with van der Waals surface area (Å²) in [5.41, 5.74) is 2.34. The van der Waals surface area contributed by atoms with Crippen LogP contribution in [0.25, 0.3) is 0 Å². The Morgan fingerprint density at radius 3 is 1.42 bits per heavy atom. The minimum atomic E-state index is 0.417. The molecular formula is C10H20BP. The van der Waals surface area contributed by atoms with Gasteiger partial charge in [-0.05, 0) is 37.0 Å². The van der Waals surface area contributed by atoms with Gasteiger partial charge in [-0.25, -0.2) is 0 Å². The summed E-state index contributed by atoms with van der Waals surface area (Å²) in [5.74, 6) is 0. The molecule has 0 N–H and O–H groups in total. The molecule has 2 heteroatoms. The summed E-state index contributed by atoms with van der Waals surface area (Å²) < 4.78 is 0. The summed E-state index contributed by atoms with van der Waals surface area (Å²) in [7, 11) is 3.00. The van der Waals surface area contributed by atoms with Crippen molar-refractivity contribution in [3.05, 3.63) is 0 Å². The van der Waals surface area contributed by atoms with Gasteiger partial charge in [-0.15, -0.1) is 7.80 Å². The van der Waals surface area contributed by atoms with Crippen molar-refractivity contribution in [1.29, 1.82) is 0 Å². The lowest BCUT2D eigenvalue weighted by Crippen LogP contribution is -2.09. The Hall–Kier alpha value is 0.495. The van der Waals surface area contributed by atoms with E-state index in [9.17, 15) is 0 Å². The standard InChI is InChI=1S/C10H20BP/c11-12(9-5-1-2-6-9)10-7-3-4-8-10/h9-10H,1-8,11H2. The smallest absolute Gasteiger partial charge is 0.134 e. The molecule has 0 aromatic rings. The second-order valence-corrected chi connectivity index (χ2v) is 7.33. The molecule has 0 nitrogen and oxygen atoms in total. The first-order valence-corrected chi connectivity index (χ1v) is 7.52. The van der Waals surface area contributed by atoms with Gasteiger partial charge < -0.3 is 0 Å². The van der Waals surface area contributed by atoms with Crippen molar-refractivity contribution in [1.82, 2.24) is 0 Å². The molecule has 12 heavy (non-hydrogen) atoms. The third-order valence-electron chi connectivity index (χ3n) is 3.80. The Labute approximate surface area is 78.6 Å². The summed E-state index contributed by atoms with van der Waals surface area (Å²) in [6.07, 6.45) is 12.4. The van der Waals surface area contributed by atoms with E-state index in [1.54, 1.807) is 25.7 Å². The quantitative estimate of drug-likeness (QED) is 0.455. The number of rotatable bonds is 2. The van der Waals surface area contributed by atoms with Crippen molar-refractivity contribution >= 4 is 15.4 Å². The molecule has 0 amide bonds. The van der Waals surface area contributed by atoms with Gasteiger partial charge in [0.15, 0.2) is 0 Å². The van der Waals surface area contributed by atoms with Crippen molar-refractivity contribution in [3.63, 3.8) is 0 Å². The van der Waals surface area contributed by atoms with E-state index in [0.717, 1.165) is 0 Å². The Morgan fingerprint density at radius 1 is 0.750 bits per heavy atom. The summed E-state index contributed by atoms with van der Waals surface area (Å²) in [4.78, 5) is 0. The van der Waals surface area contributed by atoms with Gasteiger partial charge >= 0.3 is 0 Å². The van der Waals surface area contributed by atoms with E-state index in [1.807, 2.05) is 0 Å². The highest BCUT2D eigenvalue weighted by Crippen LogP contribution is 2.53. The van der Waals surface area contributed by atoms with E-state index < -0.39 is 0 Å². The van der Waals surface area contributed by atoms with Gasteiger partial charge in [-0.3, -0.25) is 0 Å². The molecule has 2 fully saturated rings. The Morgan fingerprint density at radius 2 is 1.08 bits per heavy atom. The lowest BCUT2D eigenvalue weighted by molar-refractivity contribution is 0.840. The molecule has 0 aromatic carbocycles. The molecule has 0 radical (unpaired) electrons. The van der Waals surface area contributed by atoms with Gasteiger partial charge in [-0.2, -0.15) is 0 Å². The van der Waals surface area contributed by atoms with Crippen LogP contribution in [-0.4, -0.2) is 18.9 Å². The zero-order valence-corrected chi connectivity index (χ0v) is 9.15. The highest BCUT2D eigenvalue weighted by atomic mass is 31.1. The second-order valence-electron chi connectivity index (χ2n) is 4.54. The zero-order chi connectivity index (χ0) is 8.39. The lowest BCUT2D eigenvalue weighted by Gasteiger charge is -2.26. The van der Waals surface area contributed by atoms with Crippen LogP contribution >= 0.6 is 7.80 Å². The van der Waals surface area contributed by atoms with Crippen LogP contribution in [0.4, 0.5) is 0 Å². The minimum absolute atomic E-state index is 0.417. The van der Waals surface area contributed by atoms with Gasteiger partial charge in [0.05, 0.1) is 0 Å². The molecule has 0 bridgehead atoms. The molecule has 68 valence electrons. The summed E-state index contributed by atoms with van der Waals surface area (Å²) in [6, 6.07) is 0. The average Bonchev–Trinajstić information content (AvgIpc) is 2.77. The van der Waals surface area contributed by atoms with Gasteiger partial charge in [0.1, 0.15) is 7.57 Å². The molecule has 2 rings (SSSR count). The fourth-order valence-corrected chi connectivity index (χ4v) is 5.88. The van der Waals surface area contributed by atoms with Crippen LogP contribution in [0.5, 0.6) is 0 Å². The normalized spacial score (nSPS) is 27.4. The molecule has 2 saturated carbocycles. The van der Waals surface area contributed by atoms with Crippen molar-refractivity contribution < 1.29 is 0 Å². The molecule has 0 aromatic heterocycles. The summed E-state index contributed by atoms with van der Waals surface area (Å²) in [5, 5.41) is 0. The van der Waals surface area contributed by atoms with Crippen LogP contribution in [0.1, 0.15) is 51.4 Å². The summed E-state index contributed by atoms with van der Waals surface area (Å²) >= 11 is 0. The van der Waals surface area contributed by atoms with E-state index in [1.165, 1.54) is 37.0 Å². The van der Waals surface area contributed by atoms with Gasteiger partial charge in [-0.1, -0.05) is 25.7 Å². The maximum Gasteiger partial charge on any atom is 0.134 e. The van der Waals surface area contributed by atoms with E-state index in [2.05, 4.69) is 7.57 Å². The fraction of sp³-hybridized carbons (Fsp3) is 1.00. The largest absolute Gasteiger partial charge is 0.143 e. The van der Waals surface area contributed by atoms with Gasteiger partial charge in [0, 0.05) is 0 Å². The predicted molar refractivity (Wildman–Crippen MR) is 60.0 cm³/mol. The highest BCUT2D eigenvalue weighted by Gasteiger charge is 2.28. The van der Waals surface area contributed by atoms with Crippen molar-refractivity contribution in [3.8, 4) is 0 Å². The number of hydrogen-bond donors (Lipinski definition) is 0. The van der Waals surface area contributed by atoms with E-state index in [4.69, 9.17) is 0 Å². The summed E-state index contributed by atoms with van der Waals surface area (Å²) in [6.45, 7) is 0. The van der Waals surface area contributed by atoms with Crippen LogP contribution in [0.3, 0.4) is 0 Å². The molecule has 0 spiro atoms. The SMILES string of the molecule is BP(C1CCCC1)C1CCCC1. The molecule has 0 unspecified atom stereocenters. The fourth-order valence-electron chi connectivity index (χ4n) is 2.92. The Balaban J connectivity index is 1.84. The van der Waals surface area contributed by atoms with Crippen molar-refractivity contribution in [2.24, 2.45) is 0 Å². The zero-order valence-electron chi connectivity index (χ0n) is 8.26. The van der Waals surface area contributed by atoms with Crippen LogP contribution in [0.15, 0.2) is 0 Å². The predicted octanol–water partition coefficient (Wildman–Crippen LogP) is 2.90. The molecule has 0 atom stereocenters. The van der Waals surface area contributed by atoms with Gasteiger partial charge in [0.2, 0.25) is 0 Å². The third-order valence-corrected chi connectivity index (χ3v) is 7.14. The van der Waals surface area contributed by atoms with E-state index in [-0.39, 0.29) is 0 Å². The Kier molecular flexibility index (Phi) is 3.13. The molecule has 2 aliphatic rings. The maximum atomic E-state index is 2.58. The molecule has 0 saturated heterocycles. The number of hydrogen-bond acceptors (Lipinski definition) is 0. The van der Waals surface area contributed by atoms with Crippen molar-refractivity contribution in [2.75, 3.05) is 0 Å². The monoisotopic (exact) mass is 182 g/mol. The second kappa shape index (κ2) is 4.14. The topological polar surface area (TPSA) is 0 Å².